The lowest BCUT2D eigenvalue weighted by Gasteiger charge is -2.15. The van der Waals surface area contributed by atoms with Crippen LogP contribution in [-0.2, 0) is 11.3 Å². The van der Waals surface area contributed by atoms with Crippen LogP contribution in [0.4, 0.5) is 5.69 Å². The van der Waals surface area contributed by atoms with Gasteiger partial charge in [0.1, 0.15) is 0 Å². The molecule has 5 nitrogen and oxygen atoms in total. The monoisotopic (exact) mass is 361 g/mol. The van der Waals surface area contributed by atoms with Gasteiger partial charge in [-0.2, -0.15) is 0 Å². The number of hydrogen-bond acceptors (Lipinski definition) is 2. The molecule has 0 bridgehead atoms. The van der Waals surface area contributed by atoms with Crippen LogP contribution in [0.1, 0.15) is 29.6 Å². The van der Waals surface area contributed by atoms with Gasteiger partial charge in [-0.15, -0.1) is 0 Å². The Labute approximate surface area is 158 Å². The van der Waals surface area contributed by atoms with Crippen molar-refractivity contribution >= 4 is 28.4 Å². The largest absolute Gasteiger partial charge is 0.347 e. The van der Waals surface area contributed by atoms with Crippen molar-refractivity contribution in [2.45, 2.75) is 25.8 Å². The summed E-state index contributed by atoms with van der Waals surface area (Å²) in [5.74, 6) is 0.0382. The zero-order valence-electron chi connectivity index (χ0n) is 15.2. The highest BCUT2D eigenvalue weighted by Crippen LogP contribution is 2.17. The molecule has 0 radical (unpaired) electrons. The van der Waals surface area contributed by atoms with Crippen LogP contribution in [0.15, 0.2) is 60.8 Å². The van der Waals surface area contributed by atoms with Crippen molar-refractivity contribution < 1.29 is 9.59 Å². The van der Waals surface area contributed by atoms with Crippen LogP contribution in [0.5, 0.6) is 0 Å². The van der Waals surface area contributed by atoms with E-state index in [1.54, 1.807) is 24.3 Å². The first-order valence-electron chi connectivity index (χ1n) is 9.44. The number of carbonyl (C=O) groups excluding carboxylic acids is 2. The number of nitrogens with zero attached hydrogens (tertiary/aromatic N) is 2. The molecule has 1 aromatic heterocycles. The van der Waals surface area contributed by atoms with Crippen molar-refractivity contribution in [1.82, 2.24) is 9.47 Å². The standard InChI is InChI=1S/C22H23N3O2/c26-21(12-16-24-15-11-17-5-1-2-6-20(17)24)23-19-9-7-18(8-10-19)22(27)25-13-3-4-14-25/h1-2,5-11,15H,3-4,12-14,16H2,(H,23,26). The Morgan fingerprint density at radius 2 is 1.67 bits per heavy atom. The summed E-state index contributed by atoms with van der Waals surface area (Å²) in [4.78, 5) is 26.5. The minimum absolute atomic E-state index is 0.0357. The smallest absolute Gasteiger partial charge is 0.253 e. The van der Waals surface area contributed by atoms with E-state index < -0.39 is 0 Å². The maximum Gasteiger partial charge on any atom is 0.253 e. The van der Waals surface area contributed by atoms with Gasteiger partial charge in [-0.05, 0) is 54.6 Å². The Kier molecular flexibility index (Phi) is 4.92. The van der Waals surface area contributed by atoms with Gasteiger partial charge in [0.05, 0.1) is 0 Å². The highest BCUT2D eigenvalue weighted by atomic mass is 16.2. The first-order chi connectivity index (χ1) is 13.2. The van der Waals surface area contributed by atoms with Gasteiger partial charge in [0.25, 0.3) is 5.91 Å². The topological polar surface area (TPSA) is 54.3 Å². The second kappa shape index (κ2) is 7.66. The average Bonchev–Trinajstić information content (AvgIpc) is 3.37. The maximum absolute atomic E-state index is 12.4. The highest BCUT2D eigenvalue weighted by molar-refractivity contribution is 5.96. The van der Waals surface area contributed by atoms with E-state index in [2.05, 4.69) is 28.1 Å². The summed E-state index contributed by atoms with van der Waals surface area (Å²) < 4.78 is 2.09. The van der Waals surface area contributed by atoms with Crippen molar-refractivity contribution in [1.29, 1.82) is 0 Å². The lowest BCUT2D eigenvalue weighted by atomic mass is 10.2. The number of aryl methyl sites for hydroxylation is 1. The molecule has 4 rings (SSSR count). The molecule has 0 atom stereocenters. The number of nitrogens with one attached hydrogen (secondary N) is 1. The molecule has 2 aromatic carbocycles. The maximum atomic E-state index is 12.4. The Bertz CT molecular complexity index is 953. The lowest BCUT2D eigenvalue weighted by molar-refractivity contribution is -0.116. The zero-order chi connectivity index (χ0) is 18.6. The fourth-order valence-electron chi connectivity index (χ4n) is 3.58. The molecule has 0 saturated carbocycles. The number of likely N-dealkylation sites (tertiary alicyclic amines) is 1. The summed E-state index contributed by atoms with van der Waals surface area (Å²) in [7, 11) is 0. The van der Waals surface area contributed by atoms with Crippen molar-refractivity contribution in [2.75, 3.05) is 18.4 Å². The molecule has 1 aliphatic heterocycles. The molecule has 0 unspecified atom stereocenters. The summed E-state index contributed by atoms with van der Waals surface area (Å²) in [5.41, 5.74) is 2.53. The van der Waals surface area contributed by atoms with Crippen LogP contribution in [0.25, 0.3) is 10.9 Å². The SMILES string of the molecule is O=C(CCn1ccc2ccccc21)Nc1ccc(C(=O)N2CCCC2)cc1. The first-order valence-corrected chi connectivity index (χ1v) is 9.44. The van der Waals surface area contributed by atoms with E-state index in [4.69, 9.17) is 0 Å². The molecule has 1 N–H and O–H groups in total. The molecule has 3 aromatic rings. The molecule has 0 aliphatic carbocycles. The number of carbonyl (C=O) groups is 2. The second-order valence-corrected chi connectivity index (χ2v) is 6.94. The molecule has 5 heteroatoms. The molecule has 1 fully saturated rings. The van der Waals surface area contributed by atoms with Crippen LogP contribution in [0.2, 0.25) is 0 Å². The van der Waals surface area contributed by atoms with E-state index in [1.807, 2.05) is 23.2 Å². The normalized spacial score (nSPS) is 13.9. The Morgan fingerprint density at radius 3 is 2.44 bits per heavy atom. The fraction of sp³-hybridized carbons (Fsp3) is 0.273. The molecule has 2 amide bonds. The predicted molar refractivity (Wildman–Crippen MR) is 107 cm³/mol. The number of aromatic nitrogens is 1. The number of hydrogen-bond donors (Lipinski definition) is 1. The van der Waals surface area contributed by atoms with E-state index in [-0.39, 0.29) is 11.8 Å². The van der Waals surface area contributed by atoms with Crippen LogP contribution < -0.4 is 5.32 Å². The van der Waals surface area contributed by atoms with Gasteiger partial charge in [-0.25, -0.2) is 0 Å². The van der Waals surface area contributed by atoms with Crippen molar-refractivity contribution in [3.63, 3.8) is 0 Å². The number of rotatable bonds is 5. The highest BCUT2D eigenvalue weighted by Gasteiger charge is 2.19. The molecular weight excluding hydrogens is 338 g/mol. The number of fused-ring (bicyclic) bond motifs is 1. The number of anilines is 1. The van der Waals surface area contributed by atoms with E-state index in [0.717, 1.165) is 37.1 Å². The van der Waals surface area contributed by atoms with Crippen LogP contribution in [-0.4, -0.2) is 34.4 Å². The van der Waals surface area contributed by atoms with Crippen LogP contribution in [0, 0.1) is 0 Å². The zero-order valence-corrected chi connectivity index (χ0v) is 15.2. The fourth-order valence-corrected chi connectivity index (χ4v) is 3.58. The van der Waals surface area contributed by atoms with E-state index in [1.165, 1.54) is 5.39 Å². The molecule has 138 valence electrons. The van der Waals surface area contributed by atoms with Gasteiger partial charge in [-0.3, -0.25) is 9.59 Å². The van der Waals surface area contributed by atoms with Gasteiger partial charge >= 0.3 is 0 Å². The minimum atomic E-state index is -0.0357. The summed E-state index contributed by atoms with van der Waals surface area (Å²) >= 11 is 0. The van der Waals surface area contributed by atoms with Crippen LogP contribution >= 0.6 is 0 Å². The van der Waals surface area contributed by atoms with Gasteiger partial charge in [0.2, 0.25) is 5.91 Å². The molecular formula is C22H23N3O2. The lowest BCUT2D eigenvalue weighted by Crippen LogP contribution is -2.27. The summed E-state index contributed by atoms with van der Waals surface area (Å²) in [6, 6.07) is 17.4. The quantitative estimate of drug-likeness (QED) is 0.749. The summed E-state index contributed by atoms with van der Waals surface area (Å²) in [5, 5.41) is 4.09. The van der Waals surface area contributed by atoms with Gasteiger partial charge < -0.3 is 14.8 Å². The number of para-hydroxylation sites is 1. The Hall–Kier alpha value is -3.08. The van der Waals surface area contributed by atoms with Gasteiger partial charge in [-0.1, -0.05) is 18.2 Å². The Balaban J connectivity index is 1.33. The van der Waals surface area contributed by atoms with Crippen molar-refractivity contribution in [3.8, 4) is 0 Å². The predicted octanol–water partition coefficient (Wildman–Crippen LogP) is 3.91. The summed E-state index contributed by atoms with van der Waals surface area (Å²) in [6.45, 7) is 2.31. The van der Waals surface area contributed by atoms with Gasteiger partial charge in [0.15, 0.2) is 0 Å². The van der Waals surface area contributed by atoms with Gasteiger partial charge in [0, 0.05) is 49.0 Å². The Morgan fingerprint density at radius 1 is 0.926 bits per heavy atom. The molecule has 2 heterocycles. The molecule has 0 spiro atoms. The molecule has 1 saturated heterocycles. The minimum Gasteiger partial charge on any atom is -0.347 e. The third-order valence-electron chi connectivity index (χ3n) is 5.07. The molecule has 27 heavy (non-hydrogen) atoms. The number of amides is 2. The first kappa shape index (κ1) is 17.3. The third kappa shape index (κ3) is 3.87. The molecule has 1 aliphatic rings. The summed E-state index contributed by atoms with van der Waals surface area (Å²) in [6.07, 6.45) is 4.57. The van der Waals surface area contributed by atoms with E-state index in [9.17, 15) is 9.59 Å². The average molecular weight is 361 g/mol. The van der Waals surface area contributed by atoms with E-state index in [0.29, 0.717) is 18.5 Å². The van der Waals surface area contributed by atoms with Crippen molar-refractivity contribution in [2.24, 2.45) is 0 Å². The third-order valence-corrected chi connectivity index (χ3v) is 5.07. The second-order valence-electron chi connectivity index (χ2n) is 6.94. The number of benzene rings is 2. The van der Waals surface area contributed by atoms with Crippen LogP contribution in [0.3, 0.4) is 0 Å². The van der Waals surface area contributed by atoms with E-state index >= 15 is 0 Å². The van der Waals surface area contributed by atoms with Crippen molar-refractivity contribution in [3.05, 3.63) is 66.4 Å².